The van der Waals surface area contributed by atoms with Crippen LogP contribution in [0, 0.1) is 6.92 Å². The second kappa shape index (κ2) is 7.99. The monoisotopic (exact) mass is 425 g/mol. The van der Waals surface area contributed by atoms with Gasteiger partial charge in [0.15, 0.2) is 0 Å². The van der Waals surface area contributed by atoms with Gasteiger partial charge in [-0.3, -0.25) is 0 Å². The number of rotatable bonds is 4. The SMILES string of the molecule is Cc1c(-c2cccc(N(c3ccccc3)c3ccc4ccccc4c3)c2)oc2ccccc12. The van der Waals surface area contributed by atoms with E-state index < -0.39 is 0 Å². The molecule has 0 spiro atoms. The Kier molecular flexibility index (Phi) is 4.70. The molecule has 0 aliphatic carbocycles. The fourth-order valence-electron chi connectivity index (χ4n) is 4.58. The Balaban J connectivity index is 1.52. The summed E-state index contributed by atoms with van der Waals surface area (Å²) in [6, 6.07) is 42.4. The van der Waals surface area contributed by atoms with Gasteiger partial charge in [0.25, 0.3) is 0 Å². The van der Waals surface area contributed by atoms with Gasteiger partial charge in [0.2, 0.25) is 0 Å². The van der Waals surface area contributed by atoms with Gasteiger partial charge in [0.05, 0.1) is 0 Å². The van der Waals surface area contributed by atoms with Gasteiger partial charge in [-0.1, -0.05) is 78.9 Å². The summed E-state index contributed by atoms with van der Waals surface area (Å²) in [4.78, 5) is 2.30. The van der Waals surface area contributed by atoms with Crippen molar-refractivity contribution < 1.29 is 4.42 Å². The molecule has 0 unspecified atom stereocenters. The Morgan fingerprint density at radius 1 is 0.545 bits per heavy atom. The highest BCUT2D eigenvalue weighted by Gasteiger charge is 2.16. The lowest BCUT2D eigenvalue weighted by Crippen LogP contribution is -2.09. The van der Waals surface area contributed by atoms with Crippen molar-refractivity contribution in [3.63, 3.8) is 0 Å². The number of hydrogen-bond acceptors (Lipinski definition) is 2. The van der Waals surface area contributed by atoms with Crippen molar-refractivity contribution >= 4 is 38.8 Å². The van der Waals surface area contributed by atoms with Gasteiger partial charge in [0, 0.05) is 33.6 Å². The lowest BCUT2D eigenvalue weighted by Gasteiger charge is -2.26. The second-order valence-electron chi connectivity index (χ2n) is 8.31. The molecule has 0 radical (unpaired) electrons. The molecular formula is C31H23NO. The summed E-state index contributed by atoms with van der Waals surface area (Å²) < 4.78 is 6.27. The molecular weight excluding hydrogens is 402 g/mol. The summed E-state index contributed by atoms with van der Waals surface area (Å²) >= 11 is 0. The minimum absolute atomic E-state index is 0.921. The molecule has 0 fully saturated rings. The topological polar surface area (TPSA) is 16.4 Å². The van der Waals surface area contributed by atoms with Crippen LogP contribution in [0.1, 0.15) is 5.56 Å². The van der Waals surface area contributed by atoms with Crippen LogP contribution in [0.4, 0.5) is 17.1 Å². The van der Waals surface area contributed by atoms with E-state index in [0.29, 0.717) is 0 Å². The van der Waals surface area contributed by atoms with E-state index >= 15 is 0 Å². The molecule has 0 saturated heterocycles. The first-order valence-corrected chi connectivity index (χ1v) is 11.2. The molecule has 0 amide bonds. The zero-order valence-corrected chi connectivity index (χ0v) is 18.4. The fourth-order valence-corrected chi connectivity index (χ4v) is 4.58. The Bertz CT molecular complexity index is 1580. The number of anilines is 3. The van der Waals surface area contributed by atoms with Crippen LogP contribution in [0.2, 0.25) is 0 Å². The highest BCUT2D eigenvalue weighted by molar-refractivity contribution is 5.91. The van der Waals surface area contributed by atoms with Gasteiger partial charge in [-0.05, 0) is 60.2 Å². The first-order valence-electron chi connectivity index (χ1n) is 11.2. The smallest absolute Gasteiger partial charge is 0.138 e. The summed E-state index contributed by atoms with van der Waals surface area (Å²) in [6.45, 7) is 2.13. The van der Waals surface area contributed by atoms with Gasteiger partial charge in [-0.2, -0.15) is 0 Å². The highest BCUT2D eigenvalue weighted by Crippen LogP contribution is 2.39. The number of benzene rings is 5. The van der Waals surface area contributed by atoms with Crippen molar-refractivity contribution in [1.82, 2.24) is 0 Å². The lowest BCUT2D eigenvalue weighted by molar-refractivity contribution is 0.629. The van der Waals surface area contributed by atoms with Crippen molar-refractivity contribution in [2.45, 2.75) is 6.92 Å². The van der Waals surface area contributed by atoms with Gasteiger partial charge < -0.3 is 9.32 Å². The number of furan rings is 1. The fraction of sp³-hybridized carbons (Fsp3) is 0.0323. The molecule has 1 heterocycles. The first kappa shape index (κ1) is 19.4. The van der Waals surface area contributed by atoms with E-state index in [1.807, 2.05) is 12.1 Å². The van der Waals surface area contributed by atoms with Crippen LogP contribution in [-0.4, -0.2) is 0 Å². The molecule has 158 valence electrons. The summed E-state index contributed by atoms with van der Waals surface area (Å²) in [5, 5.41) is 3.62. The molecule has 0 atom stereocenters. The van der Waals surface area contributed by atoms with Gasteiger partial charge in [0.1, 0.15) is 11.3 Å². The Morgan fingerprint density at radius 3 is 2.09 bits per heavy atom. The van der Waals surface area contributed by atoms with Crippen LogP contribution in [0.25, 0.3) is 33.1 Å². The number of hydrogen-bond donors (Lipinski definition) is 0. The number of aryl methyl sites for hydroxylation is 1. The molecule has 5 aromatic carbocycles. The number of fused-ring (bicyclic) bond motifs is 2. The van der Waals surface area contributed by atoms with Gasteiger partial charge in [-0.25, -0.2) is 0 Å². The van der Waals surface area contributed by atoms with Crippen LogP contribution in [0.15, 0.2) is 126 Å². The normalized spacial score (nSPS) is 11.2. The van der Waals surface area contributed by atoms with Gasteiger partial charge >= 0.3 is 0 Å². The van der Waals surface area contributed by atoms with E-state index in [9.17, 15) is 0 Å². The molecule has 2 heteroatoms. The van der Waals surface area contributed by atoms with E-state index in [2.05, 4.69) is 121 Å². The summed E-state index contributed by atoms with van der Waals surface area (Å²) in [7, 11) is 0. The van der Waals surface area contributed by atoms with Crippen molar-refractivity contribution in [2.75, 3.05) is 4.90 Å². The molecule has 6 aromatic rings. The quantitative estimate of drug-likeness (QED) is 0.280. The van der Waals surface area contributed by atoms with Crippen LogP contribution in [0.5, 0.6) is 0 Å². The Labute approximate surface area is 193 Å². The standard InChI is InChI=1S/C31H23NO/c1-22-29-16-7-8-17-30(29)33-31(22)25-12-9-15-27(21-25)32(26-13-3-2-4-14-26)28-19-18-23-10-5-6-11-24(23)20-28/h2-21H,1H3. The Morgan fingerprint density at radius 2 is 1.24 bits per heavy atom. The molecule has 0 aliphatic rings. The van der Waals surface area contributed by atoms with Crippen molar-refractivity contribution in [3.8, 4) is 11.3 Å². The molecule has 0 bridgehead atoms. The summed E-state index contributed by atoms with van der Waals surface area (Å²) in [6.07, 6.45) is 0. The van der Waals surface area contributed by atoms with Crippen LogP contribution in [-0.2, 0) is 0 Å². The second-order valence-corrected chi connectivity index (χ2v) is 8.31. The Hall–Kier alpha value is -4.30. The molecule has 33 heavy (non-hydrogen) atoms. The maximum Gasteiger partial charge on any atom is 0.138 e. The molecule has 0 saturated carbocycles. The largest absolute Gasteiger partial charge is 0.456 e. The maximum absolute atomic E-state index is 6.27. The number of nitrogens with zero attached hydrogens (tertiary/aromatic N) is 1. The van der Waals surface area contributed by atoms with E-state index in [1.54, 1.807) is 0 Å². The minimum Gasteiger partial charge on any atom is -0.456 e. The maximum atomic E-state index is 6.27. The van der Waals surface area contributed by atoms with E-state index in [4.69, 9.17) is 4.42 Å². The molecule has 1 aromatic heterocycles. The van der Waals surface area contributed by atoms with E-state index in [1.165, 1.54) is 16.3 Å². The third-order valence-corrected chi connectivity index (χ3v) is 6.22. The highest BCUT2D eigenvalue weighted by atomic mass is 16.3. The average molecular weight is 426 g/mol. The van der Waals surface area contributed by atoms with Crippen molar-refractivity contribution in [1.29, 1.82) is 0 Å². The van der Waals surface area contributed by atoms with Crippen LogP contribution >= 0.6 is 0 Å². The van der Waals surface area contributed by atoms with E-state index in [0.717, 1.165) is 39.4 Å². The average Bonchev–Trinajstić information content (AvgIpc) is 3.22. The summed E-state index contributed by atoms with van der Waals surface area (Å²) in [5.41, 5.74) is 6.49. The predicted octanol–water partition coefficient (Wildman–Crippen LogP) is 9.03. The predicted molar refractivity (Wildman–Crippen MR) is 139 cm³/mol. The van der Waals surface area contributed by atoms with E-state index in [-0.39, 0.29) is 0 Å². The molecule has 6 rings (SSSR count). The third kappa shape index (κ3) is 3.46. The number of para-hydroxylation sites is 2. The minimum atomic E-state index is 0.921. The molecule has 0 N–H and O–H groups in total. The van der Waals surface area contributed by atoms with Crippen molar-refractivity contribution in [3.05, 3.63) is 127 Å². The van der Waals surface area contributed by atoms with Gasteiger partial charge in [-0.15, -0.1) is 0 Å². The molecule has 0 aliphatic heterocycles. The zero-order chi connectivity index (χ0) is 22.2. The van der Waals surface area contributed by atoms with Crippen LogP contribution < -0.4 is 4.90 Å². The van der Waals surface area contributed by atoms with Crippen molar-refractivity contribution in [2.24, 2.45) is 0 Å². The zero-order valence-electron chi connectivity index (χ0n) is 18.4. The lowest BCUT2D eigenvalue weighted by atomic mass is 10.0. The summed E-state index contributed by atoms with van der Waals surface area (Å²) in [5.74, 6) is 0.921. The first-order chi connectivity index (χ1) is 16.3. The van der Waals surface area contributed by atoms with Crippen LogP contribution in [0.3, 0.4) is 0 Å². The molecule has 2 nitrogen and oxygen atoms in total. The third-order valence-electron chi connectivity index (χ3n) is 6.22.